The van der Waals surface area contributed by atoms with Gasteiger partial charge >= 0.3 is 17.9 Å². The lowest BCUT2D eigenvalue weighted by molar-refractivity contribution is -0.167. The highest BCUT2D eigenvalue weighted by Gasteiger charge is 2.19. The molecule has 0 N–H and O–H groups in total. The number of carbonyl (C=O) groups excluding carboxylic acids is 3. The third kappa shape index (κ3) is 41.6. The number of carbonyl (C=O) groups is 3. The third-order valence-electron chi connectivity index (χ3n) is 10.8. The van der Waals surface area contributed by atoms with E-state index in [0.29, 0.717) is 19.3 Å². The molecule has 0 aromatic carbocycles. The van der Waals surface area contributed by atoms with E-state index in [9.17, 15) is 14.4 Å². The van der Waals surface area contributed by atoms with E-state index in [1.807, 2.05) is 0 Å². The van der Waals surface area contributed by atoms with E-state index in [4.69, 9.17) is 14.2 Å². The molecule has 0 heterocycles. The minimum atomic E-state index is -0.759. The average molecular weight is 765 g/mol. The molecular weight excluding hydrogens is 673 g/mol. The van der Waals surface area contributed by atoms with E-state index < -0.39 is 6.10 Å². The molecule has 0 radical (unpaired) electrons. The van der Waals surface area contributed by atoms with Crippen molar-refractivity contribution >= 4 is 17.9 Å². The van der Waals surface area contributed by atoms with Crippen molar-refractivity contribution in [2.24, 2.45) is 5.92 Å². The molecule has 6 nitrogen and oxygen atoms in total. The molecule has 0 aliphatic heterocycles. The van der Waals surface area contributed by atoms with E-state index in [-0.39, 0.29) is 31.1 Å². The van der Waals surface area contributed by atoms with Gasteiger partial charge in [-0.25, -0.2) is 0 Å². The number of hydrogen-bond acceptors (Lipinski definition) is 6. The molecule has 0 aromatic rings. The SMILES string of the molecule is CCCCCCCCCCCCCCCCC(=O)OC[C@@H](COC(=O)CCCCCCCCCCC)OC(=O)CCCCCCCCCCCCC(C)C. The lowest BCUT2D eigenvalue weighted by atomic mass is 10.0. The highest BCUT2D eigenvalue weighted by molar-refractivity contribution is 5.71. The molecule has 0 aromatic heterocycles. The van der Waals surface area contributed by atoms with Gasteiger partial charge in [-0.05, 0) is 25.2 Å². The van der Waals surface area contributed by atoms with Crippen molar-refractivity contribution in [3.63, 3.8) is 0 Å². The maximum Gasteiger partial charge on any atom is 0.306 e. The molecule has 0 bridgehead atoms. The van der Waals surface area contributed by atoms with Gasteiger partial charge in [-0.3, -0.25) is 14.4 Å². The van der Waals surface area contributed by atoms with Crippen molar-refractivity contribution in [1.29, 1.82) is 0 Å². The molecule has 0 rings (SSSR count). The normalized spacial score (nSPS) is 11.9. The van der Waals surface area contributed by atoms with Crippen LogP contribution in [-0.4, -0.2) is 37.2 Å². The molecule has 0 aliphatic rings. The van der Waals surface area contributed by atoms with Gasteiger partial charge in [0.25, 0.3) is 0 Å². The maximum absolute atomic E-state index is 12.7. The van der Waals surface area contributed by atoms with Gasteiger partial charge in [-0.15, -0.1) is 0 Å². The largest absolute Gasteiger partial charge is 0.462 e. The summed E-state index contributed by atoms with van der Waals surface area (Å²) in [5.41, 5.74) is 0. The number of rotatable bonds is 43. The summed E-state index contributed by atoms with van der Waals surface area (Å²) in [5, 5.41) is 0. The summed E-state index contributed by atoms with van der Waals surface area (Å²) in [4.78, 5) is 37.7. The Kier molecular flexibility index (Phi) is 41.3. The zero-order valence-electron chi connectivity index (χ0n) is 36.7. The number of unbranched alkanes of at least 4 members (excludes halogenated alkanes) is 30. The van der Waals surface area contributed by atoms with Crippen LogP contribution in [0, 0.1) is 5.92 Å². The number of hydrogen-bond donors (Lipinski definition) is 0. The Morgan fingerprint density at radius 2 is 0.611 bits per heavy atom. The Bertz CT molecular complexity index is 811. The number of esters is 3. The van der Waals surface area contributed by atoms with Gasteiger partial charge in [0.05, 0.1) is 0 Å². The first kappa shape index (κ1) is 52.4. The molecule has 0 saturated heterocycles. The van der Waals surface area contributed by atoms with Crippen molar-refractivity contribution in [3.8, 4) is 0 Å². The lowest BCUT2D eigenvalue weighted by Crippen LogP contribution is -2.30. The van der Waals surface area contributed by atoms with Crippen molar-refractivity contribution in [2.75, 3.05) is 13.2 Å². The Labute approximate surface area is 336 Å². The van der Waals surface area contributed by atoms with Crippen LogP contribution in [0.3, 0.4) is 0 Å². The molecule has 0 aliphatic carbocycles. The van der Waals surface area contributed by atoms with E-state index in [1.54, 1.807) is 0 Å². The van der Waals surface area contributed by atoms with Crippen LogP contribution in [0.25, 0.3) is 0 Å². The van der Waals surface area contributed by atoms with E-state index in [1.165, 1.54) is 161 Å². The van der Waals surface area contributed by atoms with Crippen LogP contribution in [0.2, 0.25) is 0 Å². The number of ether oxygens (including phenoxy) is 3. The third-order valence-corrected chi connectivity index (χ3v) is 10.8. The van der Waals surface area contributed by atoms with Crippen molar-refractivity contribution < 1.29 is 28.6 Å². The van der Waals surface area contributed by atoms with E-state index in [2.05, 4.69) is 27.7 Å². The van der Waals surface area contributed by atoms with Crippen LogP contribution in [0.1, 0.15) is 265 Å². The van der Waals surface area contributed by atoms with Crippen LogP contribution in [0.15, 0.2) is 0 Å². The summed E-state index contributed by atoms with van der Waals surface area (Å²) in [6.07, 6.45) is 42.3. The predicted octanol–water partition coefficient (Wildman–Crippen LogP) is 15.1. The topological polar surface area (TPSA) is 78.9 Å². The highest BCUT2D eigenvalue weighted by Crippen LogP contribution is 2.16. The van der Waals surface area contributed by atoms with E-state index in [0.717, 1.165) is 63.7 Å². The fourth-order valence-electron chi connectivity index (χ4n) is 7.16. The second-order valence-electron chi connectivity index (χ2n) is 16.9. The quantitative estimate of drug-likeness (QED) is 0.0349. The van der Waals surface area contributed by atoms with Crippen LogP contribution >= 0.6 is 0 Å². The van der Waals surface area contributed by atoms with E-state index >= 15 is 0 Å². The Hall–Kier alpha value is -1.59. The van der Waals surface area contributed by atoms with Crippen molar-refractivity contribution in [2.45, 2.75) is 271 Å². The predicted molar refractivity (Wildman–Crippen MR) is 229 cm³/mol. The van der Waals surface area contributed by atoms with Crippen LogP contribution in [0.4, 0.5) is 0 Å². The first-order valence-corrected chi connectivity index (χ1v) is 23.9. The molecule has 0 fully saturated rings. The van der Waals surface area contributed by atoms with Gasteiger partial charge in [-0.2, -0.15) is 0 Å². The fraction of sp³-hybridized carbons (Fsp3) is 0.938. The van der Waals surface area contributed by atoms with Crippen LogP contribution in [-0.2, 0) is 28.6 Å². The van der Waals surface area contributed by atoms with Crippen molar-refractivity contribution in [3.05, 3.63) is 0 Å². The second-order valence-corrected chi connectivity index (χ2v) is 16.9. The molecule has 6 heteroatoms. The Balaban J connectivity index is 4.30. The summed E-state index contributed by atoms with van der Waals surface area (Å²) in [6, 6.07) is 0. The highest BCUT2D eigenvalue weighted by atomic mass is 16.6. The van der Waals surface area contributed by atoms with Gasteiger partial charge < -0.3 is 14.2 Å². The fourth-order valence-corrected chi connectivity index (χ4v) is 7.16. The van der Waals surface area contributed by atoms with Crippen molar-refractivity contribution in [1.82, 2.24) is 0 Å². The first-order valence-electron chi connectivity index (χ1n) is 23.9. The molecule has 1 atom stereocenters. The van der Waals surface area contributed by atoms with Crippen LogP contribution < -0.4 is 0 Å². The average Bonchev–Trinajstić information content (AvgIpc) is 3.15. The second kappa shape index (κ2) is 42.6. The summed E-state index contributed by atoms with van der Waals surface area (Å²) in [7, 11) is 0. The Morgan fingerprint density at radius 3 is 0.907 bits per heavy atom. The molecule has 0 amide bonds. The molecule has 320 valence electrons. The molecular formula is C48H92O6. The smallest absolute Gasteiger partial charge is 0.306 e. The Morgan fingerprint density at radius 1 is 0.352 bits per heavy atom. The molecule has 54 heavy (non-hydrogen) atoms. The molecule has 0 unspecified atom stereocenters. The van der Waals surface area contributed by atoms with Gasteiger partial charge in [0.1, 0.15) is 13.2 Å². The monoisotopic (exact) mass is 765 g/mol. The minimum absolute atomic E-state index is 0.0635. The standard InChI is InChI=1S/C48H92O6/c1-5-7-9-11-13-15-16-17-18-19-24-28-32-36-40-47(50)53-43-45(42-52-46(49)39-35-31-27-22-14-12-10-8-6-2)54-48(51)41-37-33-29-25-21-20-23-26-30-34-38-44(3)4/h44-45H,5-43H2,1-4H3/t45-/m1/s1. The summed E-state index contributed by atoms with van der Waals surface area (Å²) in [6.45, 7) is 8.98. The zero-order valence-corrected chi connectivity index (χ0v) is 36.7. The van der Waals surface area contributed by atoms with Gasteiger partial charge in [0, 0.05) is 19.3 Å². The van der Waals surface area contributed by atoms with Crippen LogP contribution in [0.5, 0.6) is 0 Å². The summed E-state index contributed by atoms with van der Waals surface area (Å²) >= 11 is 0. The maximum atomic E-state index is 12.7. The first-order chi connectivity index (χ1) is 26.4. The van der Waals surface area contributed by atoms with Gasteiger partial charge in [0.15, 0.2) is 6.10 Å². The van der Waals surface area contributed by atoms with Gasteiger partial charge in [0.2, 0.25) is 0 Å². The summed E-state index contributed by atoms with van der Waals surface area (Å²) in [5.74, 6) is -0.0368. The summed E-state index contributed by atoms with van der Waals surface area (Å²) < 4.78 is 16.7. The van der Waals surface area contributed by atoms with Gasteiger partial charge in [-0.1, -0.05) is 227 Å². The lowest BCUT2D eigenvalue weighted by Gasteiger charge is -2.18. The zero-order chi connectivity index (χ0) is 39.6. The minimum Gasteiger partial charge on any atom is -0.462 e. The molecule has 0 spiro atoms. The molecule has 0 saturated carbocycles.